The molecule has 6 nitrogen and oxygen atoms in total. The van der Waals surface area contributed by atoms with E-state index in [2.05, 4.69) is 4.72 Å². The van der Waals surface area contributed by atoms with Crippen LogP contribution in [0.1, 0.15) is 19.8 Å². The summed E-state index contributed by atoms with van der Waals surface area (Å²) in [5.74, 6) is 0.530. The molecule has 0 saturated carbocycles. The second-order valence-electron chi connectivity index (χ2n) is 5.07. The number of hydrogen-bond acceptors (Lipinski definition) is 5. The first-order valence-electron chi connectivity index (χ1n) is 6.99. The molecule has 1 saturated heterocycles. The Morgan fingerprint density at radius 2 is 2.10 bits per heavy atom. The average molecular weight is 315 g/mol. The van der Waals surface area contributed by atoms with E-state index in [1.54, 1.807) is 12.1 Å². The van der Waals surface area contributed by atoms with Crippen LogP contribution >= 0.6 is 0 Å². The van der Waals surface area contributed by atoms with Crippen molar-refractivity contribution in [1.82, 2.24) is 4.72 Å². The van der Waals surface area contributed by atoms with Crippen molar-refractivity contribution in [1.29, 1.82) is 0 Å². The third-order valence-electron chi connectivity index (χ3n) is 3.30. The Morgan fingerprint density at radius 3 is 2.71 bits per heavy atom. The first-order valence-corrected chi connectivity index (χ1v) is 8.47. The molecule has 7 heteroatoms. The number of sulfonamides is 1. The molecular weight excluding hydrogens is 294 g/mol. The van der Waals surface area contributed by atoms with Gasteiger partial charge in [0.25, 0.3) is 0 Å². The van der Waals surface area contributed by atoms with E-state index in [9.17, 15) is 8.42 Å². The Labute approximate surface area is 125 Å². The van der Waals surface area contributed by atoms with Crippen molar-refractivity contribution in [2.24, 2.45) is 0 Å². The molecule has 0 radical (unpaired) electrons. The molecule has 2 unspecified atom stereocenters. The van der Waals surface area contributed by atoms with Crippen molar-refractivity contribution >= 4 is 10.0 Å². The average Bonchev–Trinajstić information content (AvgIpc) is 2.45. The fourth-order valence-electron chi connectivity index (χ4n) is 2.27. The Kier molecular flexibility index (Phi) is 5.58. The van der Waals surface area contributed by atoms with Gasteiger partial charge in [-0.2, -0.15) is 0 Å². The molecule has 21 heavy (non-hydrogen) atoms. The summed E-state index contributed by atoms with van der Waals surface area (Å²) in [5.41, 5.74) is 0. The van der Waals surface area contributed by atoms with Crippen LogP contribution in [-0.2, 0) is 14.8 Å². The van der Waals surface area contributed by atoms with Gasteiger partial charge in [-0.1, -0.05) is 0 Å². The lowest BCUT2D eigenvalue weighted by Crippen LogP contribution is -2.41. The molecule has 2 N–H and O–H groups in total. The van der Waals surface area contributed by atoms with Gasteiger partial charge in [-0.25, -0.2) is 13.1 Å². The third-order valence-corrected chi connectivity index (χ3v) is 4.84. The molecule has 0 spiro atoms. The third kappa shape index (κ3) is 4.67. The van der Waals surface area contributed by atoms with Gasteiger partial charge in [-0.3, -0.25) is 0 Å². The molecule has 1 fully saturated rings. The Hall–Kier alpha value is -1.15. The van der Waals surface area contributed by atoms with Crippen molar-refractivity contribution in [3.8, 4) is 5.75 Å². The summed E-state index contributed by atoms with van der Waals surface area (Å²) >= 11 is 0. The molecule has 2 atom stereocenters. The molecular formula is C14H21NO5S. The van der Waals surface area contributed by atoms with E-state index in [1.165, 1.54) is 12.1 Å². The van der Waals surface area contributed by atoms with Gasteiger partial charge in [0.15, 0.2) is 0 Å². The summed E-state index contributed by atoms with van der Waals surface area (Å²) in [6, 6.07) is 6.06. The summed E-state index contributed by atoms with van der Waals surface area (Å²) in [7, 11) is -3.53. The van der Waals surface area contributed by atoms with Crippen LogP contribution in [0.25, 0.3) is 0 Å². The van der Waals surface area contributed by atoms with Crippen molar-refractivity contribution < 1.29 is 23.0 Å². The van der Waals surface area contributed by atoms with E-state index < -0.39 is 10.0 Å². The van der Waals surface area contributed by atoms with Gasteiger partial charge in [0.05, 0.1) is 17.6 Å². The predicted octanol–water partition coefficient (Wildman–Crippen LogP) is 0.903. The van der Waals surface area contributed by atoms with Crippen molar-refractivity contribution in [3.63, 3.8) is 0 Å². The summed E-state index contributed by atoms with van der Waals surface area (Å²) in [4.78, 5) is 0.206. The molecule has 0 aromatic heterocycles. The second-order valence-corrected chi connectivity index (χ2v) is 6.78. The van der Waals surface area contributed by atoms with Gasteiger partial charge in [-0.05, 0) is 44.0 Å². The number of nitrogens with one attached hydrogen (secondary N) is 1. The van der Waals surface area contributed by atoms with Gasteiger partial charge in [-0.15, -0.1) is 0 Å². The van der Waals surface area contributed by atoms with E-state index in [-0.39, 0.29) is 30.3 Å². The van der Waals surface area contributed by atoms with Gasteiger partial charge >= 0.3 is 0 Å². The van der Waals surface area contributed by atoms with Gasteiger partial charge in [0.1, 0.15) is 12.4 Å². The largest absolute Gasteiger partial charge is 0.491 e. The first kappa shape index (κ1) is 16.2. The zero-order valence-corrected chi connectivity index (χ0v) is 12.8. The zero-order valence-electron chi connectivity index (χ0n) is 12.0. The molecule has 1 aromatic carbocycles. The van der Waals surface area contributed by atoms with E-state index in [0.29, 0.717) is 25.2 Å². The van der Waals surface area contributed by atoms with E-state index >= 15 is 0 Å². The molecule has 0 aliphatic carbocycles. The first-order chi connectivity index (χ1) is 10.0. The maximum absolute atomic E-state index is 12.3. The van der Waals surface area contributed by atoms with Crippen molar-refractivity contribution in [3.05, 3.63) is 24.3 Å². The molecule has 0 amide bonds. The standard InChI is InChI=1S/C14H21NO5S/c1-11-10-12(6-8-19-11)15-21(17,18)14-4-2-13(3-5-14)20-9-7-16/h2-5,11-12,15-16H,6-10H2,1H3. The molecule has 118 valence electrons. The summed E-state index contributed by atoms with van der Waals surface area (Å²) in [6.07, 6.45) is 1.43. The van der Waals surface area contributed by atoms with Gasteiger partial charge in [0.2, 0.25) is 10.0 Å². The topological polar surface area (TPSA) is 84.9 Å². The van der Waals surface area contributed by atoms with Crippen molar-refractivity contribution in [2.75, 3.05) is 19.8 Å². The molecule has 1 aliphatic heterocycles. The minimum Gasteiger partial charge on any atom is -0.491 e. The maximum atomic E-state index is 12.3. The Balaban J connectivity index is 2.01. The fourth-order valence-corrected chi connectivity index (χ4v) is 3.55. The number of hydrogen-bond donors (Lipinski definition) is 2. The molecule has 1 aliphatic rings. The van der Waals surface area contributed by atoms with Crippen LogP contribution < -0.4 is 9.46 Å². The van der Waals surface area contributed by atoms with Crippen LogP contribution in [0.2, 0.25) is 0 Å². The number of aliphatic hydroxyl groups is 1. The fraction of sp³-hybridized carbons (Fsp3) is 0.571. The highest BCUT2D eigenvalue weighted by molar-refractivity contribution is 7.89. The monoisotopic (exact) mass is 315 g/mol. The number of aliphatic hydroxyl groups excluding tert-OH is 1. The van der Waals surface area contributed by atoms with Crippen LogP contribution in [0.3, 0.4) is 0 Å². The second kappa shape index (κ2) is 7.22. The number of benzene rings is 1. The minimum atomic E-state index is -3.53. The number of ether oxygens (including phenoxy) is 2. The highest BCUT2D eigenvalue weighted by atomic mass is 32.2. The number of rotatable bonds is 6. The zero-order chi connectivity index (χ0) is 15.3. The quantitative estimate of drug-likeness (QED) is 0.815. The minimum absolute atomic E-state index is 0.0701. The molecule has 1 aromatic rings. The van der Waals surface area contributed by atoms with Gasteiger partial charge in [0, 0.05) is 12.6 Å². The predicted molar refractivity (Wildman–Crippen MR) is 77.8 cm³/mol. The van der Waals surface area contributed by atoms with Crippen LogP contribution in [0, 0.1) is 0 Å². The van der Waals surface area contributed by atoms with E-state index in [1.807, 2.05) is 6.92 Å². The molecule has 1 heterocycles. The van der Waals surface area contributed by atoms with Crippen LogP contribution in [0.15, 0.2) is 29.2 Å². The van der Waals surface area contributed by atoms with E-state index in [0.717, 1.165) is 0 Å². The lowest BCUT2D eigenvalue weighted by Gasteiger charge is -2.27. The SMILES string of the molecule is CC1CC(NS(=O)(=O)c2ccc(OCCO)cc2)CCO1. The normalized spacial score (nSPS) is 23.0. The maximum Gasteiger partial charge on any atom is 0.240 e. The summed E-state index contributed by atoms with van der Waals surface area (Å²) < 4.78 is 37.9. The van der Waals surface area contributed by atoms with Crippen LogP contribution in [-0.4, -0.2) is 45.5 Å². The highest BCUT2D eigenvalue weighted by Crippen LogP contribution is 2.19. The lowest BCUT2D eigenvalue weighted by molar-refractivity contribution is 0.0173. The van der Waals surface area contributed by atoms with Crippen LogP contribution in [0.5, 0.6) is 5.75 Å². The lowest BCUT2D eigenvalue weighted by atomic mass is 10.1. The Bertz CT molecular complexity index is 543. The molecule has 0 bridgehead atoms. The highest BCUT2D eigenvalue weighted by Gasteiger charge is 2.25. The van der Waals surface area contributed by atoms with Crippen LogP contribution in [0.4, 0.5) is 0 Å². The van der Waals surface area contributed by atoms with Gasteiger partial charge < -0.3 is 14.6 Å². The Morgan fingerprint density at radius 1 is 1.38 bits per heavy atom. The summed E-state index contributed by atoms with van der Waals surface area (Å²) in [6.45, 7) is 2.61. The smallest absolute Gasteiger partial charge is 0.240 e. The van der Waals surface area contributed by atoms with Crippen molar-refractivity contribution in [2.45, 2.75) is 36.8 Å². The molecule has 2 rings (SSSR count). The summed E-state index contributed by atoms with van der Waals surface area (Å²) in [5, 5.41) is 8.67. The van der Waals surface area contributed by atoms with E-state index in [4.69, 9.17) is 14.6 Å².